The highest BCUT2D eigenvalue weighted by atomic mass is 35.5. The molecule has 2 heterocycles. The Bertz CT molecular complexity index is 440. The van der Waals surface area contributed by atoms with Crippen molar-refractivity contribution in [3.05, 3.63) is 5.82 Å². The summed E-state index contributed by atoms with van der Waals surface area (Å²) >= 11 is 5.76. The van der Waals surface area contributed by atoms with E-state index in [1.807, 2.05) is 0 Å². The van der Waals surface area contributed by atoms with Gasteiger partial charge in [-0.05, 0) is 12.8 Å². The van der Waals surface area contributed by atoms with E-state index in [0.29, 0.717) is 30.6 Å². The number of amides is 1. The van der Waals surface area contributed by atoms with E-state index in [0.717, 1.165) is 0 Å². The van der Waals surface area contributed by atoms with Crippen molar-refractivity contribution in [3.8, 4) is 6.01 Å². The second-order valence-electron chi connectivity index (χ2n) is 3.90. The van der Waals surface area contributed by atoms with Crippen LogP contribution >= 0.6 is 11.6 Å². The number of ether oxygens (including phenoxy) is 1. The van der Waals surface area contributed by atoms with Crippen LogP contribution < -0.4 is 9.64 Å². The third-order valence-electron chi connectivity index (χ3n) is 2.56. The Labute approximate surface area is 104 Å². The summed E-state index contributed by atoms with van der Waals surface area (Å²) in [4.78, 5) is 25.5. The number of nitrogens with zero attached hydrogens (tertiary/aromatic N) is 4. The monoisotopic (exact) mass is 256 g/mol. The second kappa shape index (κ2) is 4.83. The molecule has 1 aromatic heterocycles. The molecule has 1 saturated heterocycles. The van der Waals surface area contributed by atoms with Crippen LogP contribution in [0.25, 0.3) is 0 Å². The SMILES string of the molecule is COc1nc(C)nc(N2CC(CCl)CC2=O)n1. The Morgan fingerprint density at radius 2 is 2.24 bits per heavy atom. The molecule has 1 atom stereocenters. The average Bonchev–Trinajstić information content (AvgIpc) is 2.69. The van der Waals surface area contributed by atoms with E-state index in [1.165, 1.54) is 12.0 Å². The first-order chi connectivity index (χ1) is 8.13. The van der Waals surface area contributed by atoms with Gasteiger partial charge in [0.1, 0.15) is 5.82 Å². The van der Waals surface area contributed by atoms with Crippen molar-refractivity contribution in [2.75, 3.05) is 24.4 Å². The van der Waals surface area contributed by atoms with Crippen molar-refractivity contribution < 1.29 is 9.53 Å². The highest BCUT2D eigenvalue weighted by molar-refractivity contribution is 6.18. The van der Waals surface area contributed by atoms with Gasteiger partial charge in [-0.25, -0.2) is 0 Å². The van der Waals surface area contributed by atoms with Crippen LogP contribution in [0.3, 0.4) is 0 Å². The van der Waals surface area contributed by atoms with Crippen molar-refractivity contribution in [2.45, 2.75) is 13.3 Å². The largest absolute Gasteiger partial charge is 0.467 e. The molecule has 17 heavy (non-hydrogen) atoms. The number of halogens is 1. The van der Waals surface area contributed by atoms with Gasteiger partial charge in [-0.2, -0.15) is 15.0 Å². The maximum absolute atomic E-state index is 11.8. The molecule has 0 radical (unpaired) electrons. The van der Waals surface area contributed by atoms with Crippen molar-refractivity contribution in [1.29, 1.82) is 0 Å². The lowest BCUT2D eigenvalue weighted by Crippen LogP contribution is -2.27. The lowest BCUT2D eigenvalue weighted by Gasteiger charge is -2.14. The number of hydrogen-bond acceptors (Lipinski definition) is 5. The molecule has 6 nitrogen and oxygen atoms in total. The van der Waals surface area contributed by atoms with Crippen LogP contribution in [0.2, 0.25) is 0 Å². The Balaban J connectivity index is 2.28. The van der Waals surface area contributed by atoms with Crippen LogP contribution in [0.15, 0.2) is 0 Å². The summed E-state index contributed by atoms with van der Waals surface area (Å²) in [6.07, 6.45) is 0.441. The molecule has 1 unspecified atom stereocenters. The van der Waals surface area contributed by atoms with Crippen molar-refractivity contribution in [2.24, 2.45) is 5.92 Å². The van der Waals surface area contributed by atoms with E-state index in [9.17, 15) is 4.79 Å². The summed E-state index contributed by atoms with van der Waals surface area (Å²) in [6, 6.07) is 0.217. The van der Waals surface area contributed by atoms with Gasteiger partial charge in [0.05, 0.1) is 7.11 Å². The fourth-order valence-corrected chi connectivity index (χ4v) is 1.94. The molecule has 1 aliphatic heterocycles. The Morgan fingerprint density at radius 1 is 1.47 bits per heavy atom. The van der Waals surface area contributed by atoms with E-state index < -0.39 is 0 Å². The van der Waals surface area contributed by atoms with Gasteiger partial charge in [-0.1, -0.05) is 0 Å². The summed E-state index contributed by atoms with van der Waals surface area (Å²) in [6.45, 7) is 2.28. The number of carbonyl (C=O) groups is 1. The first-order valence-corrected chi connectivity index (χ1v) is 5.80. The first-order valence-electron chi connectivity index (χ1n) is 5.27. The zero-order chi connectivity index (χ0) is 12.4. The van der Waals surface area contributed by atoms with Crippen molar-refractivity contribution >= 4 is 23.5 Å². The molecule has 0 bridgehead atoms. The third kappa shape index (κ3) is 2.46. The minimum atomic E-state index is -0.0108. The Hall–Kier alpha value is -1.43. The van der Waals surface area contributed by atoms with Gasteiger partial charge in [0.15, 0.2) is 0 Å². The van der Waals surface area contributed by atoms with Crippen LogP contribution in [0.4, 0.5) is 5.95 Å². The number of hydrogen-bond donors (Lipinski definition) is 0. The molecule has 1 fully saturated rings. The van der Waals surface area contributed by atoms with Gasteiger partial charge < -0.3 is 4.74 Å². The van der Waals surface area contributed by atoms with E-state index in [1.54, 1.807) is 6.92 Å². The maximum atomic E-state index is 11.8. The number of aryl methyl sites for hydroxylation is 1. The minimum Gasteiger partial charge on any atom is -0.467 e. The summed E-state index contributed by atoms with van der Waals surface area (Å²) in [5, 5.41) is 0. The lowest BCUT2D eigenvalue weighted by molar-refractivity contribution is -0.117. The highest BCUT2D eigenvalue weighted by Crippen LogP contribution is 2.23. The Morgan fingerprint density at radius 3 is 2.82 bits per heavy atom. The molecular formula is C10H13ClN4O2. The molecular weight excluding hydrogens is 244 g/mol. The van der Waals surface area contributed by atoms with Crippen LogP contribution in [0, 0.1) is 12.8 Å². The van der Waals surface area contributed by atoms with Crippen LogP contribution in [0.1, 0.15) is 12.2 Å². The van der Waals surface area contributed by atoms with E-state index in [2.05, 4.69) is 15.0 Å². The van der Waals surface area contributed by atoms with E-state index >= 15 is 0 Å². The quantitative estimate of drug-likeness (QED) is 0.748. The fraction of sp³-hybridized carbons (Fsp3) is 0.600. The van der Waals surface area contributed by atoms with E-state index in [4.69, 9.17) is 16.3 Å². The van der Waals surface area contributed by atoms with Crippen LogP contribution in [-0.4, -0.2) is 40.4 Å². The van der Waals surface area contributed by atoms with Crippen molar-refractivity contribution in [3.63, 3.8) is 0 Å². The van der Waals surface area contributed by atoms with Crippen molar-refractivity contribution in [1.82, 2.24) is 15.0 Å². The molecule has 1 aliphatic rings. The molecule has 1 amide bonds. The molecule has 2 rings (SSSR count). The average molecular weight is 257 g/mol. The fourth-order valence-electron chi connectivity index (χ4n) is 1.73. The Kier molecular flexibility index (Phi) is 3.42. The van der Waals surface area contributed by atoms with Gasteiger partial charge >= 0.3 is 6.01 Å². The second-order valence-corrected chi connectivity index (χ2v) is 4.21. The van der Waals surface area contributed by atoms with E-state index in [-0.39, 0.29) is 17.8 Å². The number of alkyl halides is 1. The maximum Gasteiger partial charge on any atom is 0.321 e. The zero-order valence-electron chi connectivity index (χ0n) is 9.68. The normalized spacial score (nSPS) is 19.8. The first kappa shape index (κ1) is 12.0. The molecule has 0 saturated carbocycles. The third-order valence-corrected chi connectivity index (χ3v) is 3.00. The molecule has 0 aromatic carbocycles. The van der Waals surface area contributed by atoms with Gasteiger partial charge in [0.2, 0.25) is 11.9 Å². The van der Waals surface area contributed by atoms with Gasteiger partial charge in [-0.3, -0.25) is 9.69 Å². The van der Waals surface area contributed by atoms with Gasteiger partial charge in [-0.15, -0.1) is 11.6 Å². The molecule has 0 N–H and O–H groups in total. The molecule has 1 aromatic rings. The van der Waals surface area contributed by atoms with Gasteiger partial charge in [0, 0.05) is 18.8 Å². The topological polar surface area (TPSA) is 68.2 Å². The minimum absolute atomic E-state index is 0.0108. The summed E-state index contributed by atoms with van der Waals surface area (Å²) in [5.41, 5.74) is 0. The number of rotatable bonds is 3. The van der Waals surface area contributed by atoms with Crippen LogP contribution in [-0.2, 0) is 4.79 Å². The highest BCUT2D eigenvalue weighted by Gasteiger charge is 2.32. The summed E-state index contributed by atoms with van der Waals surface area (Å²) in [7, 11) is 1.48. The molecule has 0 aliphatic carbocycles. The standard InChI is InChI=1S/C10H13ClN4O2/c1-6-12-9(14-10(13-6)17-2)15-5-7(4-11)3-8(15)16/h7H,3-5H2,1-2H3. The number of anilines is 1. The molecule has 92 valence electrons. The summed E-state index contributed by atoms with van der Waals surface area (Å²) in [5.74, 6) is 1.47. The molecule has 0 spiro atoms. The van der Waals surface area contributed by atoms with Crippen LogP contribution in [0.5, 0.6) is 6.01 Å². The predicted octanol–water partition coefficient (Wildman–Crippen LogP) is 0.780. The number of methoxy groups -OCH3 is 1. The zero-order valence-corrected chi connectivity index (χ0v) is 10.4. The molecule has 7 heteroatoms. The smallest absolute Gasteiger partial charge is 0.321 e. The lowest BCUT2D eigenvalue weighted by atomic mass is 10.2. The summed E-state index contributed by atoms with van der Waals surface area (Å²) < 4.78 is 4.96. The van der Waals surface area contributed by atoms with Gasteiger partial charge in [0.25, 0.3) is 0 Å². The predicted molar refractivity (Wildman–Crippen MR) is 62.3 cm³/mol. The number of carbonyl (C=O) groups excluding carboxylic acids is 1. The number of aromatic nitrogens is 3.